The smallest absolute Gasteiger partial charge is 0.247 e. The molecule has 1 N–H and O–H groups in total. The van der Waals surface area contributed by atoms with Crippen LogP contribution in [0.4, 0.5) is 18.9 Å². The van der Waals surface area contributed by atoms with Crippen molar-refractivity contribution in [2.45, 2.75) is 37.2 Å². The molecule has 0 saturated carbocycles. The second-order valence-electron chi connectivity index (χ2n) is 7.51. The molecular formula is C24H21F3N4OS. The Balaban J connectivity index is 1.65. The Morgan fingerprint density at radius 1 is 1.09 bits per heavy atom. The van der Waals surface area contributed by atoms with Crippen LogP contribution in [-0.4, -0.2) is 20.4 Å². The van der Waals surface area contributed by atoms with Crippen molar-refractivity contribution in [3.05, 3.63) is 83.3 Å². The van der Waals surface area contributed by atoms with Crippen LogP contribution in [0.3, 0.4) is 0 Å². The summed E-state index contributed by atoms with van der Waals surface area (Å²) in [5.74, 6) is -2.56. The number of carbonyl (C=O) groups excluding carboxylic acids is 1. The van der Waals surface area contributed by atoms with E-state index in [2.05, 4.69) is 15.3 Å². The van der Waals surface area contributed by atoms with E-state index < -0.39 is 23.7 Å². The normalized spacial score (nSPS) is 12.2. The number of amides is 1. The van der Waals surface area contributed by atoms with E-state index in [0.29, 0.717) is 16.6 Å². The summed E-state index contributed by atoms with van der Waals surface area (Å²) in [5, 5.41) is 3.10. The van der Waals surface area contributed by atoms with E-state index in [9.17, 15) is 18.0 Å². The number of halogens is 3. The van der Waals surface area contributed by atoms with E-state index >= 15 is 0 Å². The van der Waals surface area contributed by atoms with Gasteiger partial charge in [-0.1, -0.05) is 49.0 Å². The number of para-hydroxylation sites is 1. The number of benzene rings is 2. The topological polar surface area (TPSA) is 59.8 Å². The van der Waals surface area contributed by atoms with Gasteiger partial charge in [-0.05, 0) is 42.7 Å². The Morgan fingerprint density at radius 2 is 1.82 bits per heavy atom. The summed E-state index contributed by atoms with van der Waals surface area (Å²) < 4.78 is 43.4. The van der Waals surface area contributed by atoms with Gasteiger partial charge in [0.05, 0.1) is 0 Å². The van der Waals surface area contributed by atoms with Gasteiger partial charge in [0, 0.05) is 17.5 Å². The monoisotopic (exact) mass is 470 g/mol. The van der Waals surface area contributed by atoms with Crippen LogP contribution >= 0.6 is 11.8 Å². The lowest BCUT2D eigenvalue weighted by Gasteiger charge is -2.22. The molecule has 2 aliphatic rings. The Bertz CT molecular complexity index is 1260. The molecule has 33 heavy (non-hydrogen) atoms. The molecule has 2 aromatic carbocycles. The van der Waals surface area contributed by atoms with Crippen molar-refractivity contribution in [3.8, 4) is 11.5 Å². The van der Waals surface area contributed by atoms with E-state index in [-0.39, 0.29) is 23.8 Å². The number of aromatic nitrogens is 3. The first-order chi connectivity index (χ1) is 15.9. The number of imidazole rings is 1. The molecule has 1 unspecified atom stereocenters. The van der Waals surface area contributed by atoms with Gasteiger partial charge < -0.3 is 5.32 Å². The Hall–Kier alpha value is -3.33. The molecule has 0 aromatic heterocycles. The van der Waals surface area contributed by atoms with Gasteiger partial charge in [0.25, 0.3) is 0 Å². The molecule has 1 atom stereocenters. The van der Waals surface area contributed by atoms with Crippen LogP contribution in [0.25, 0.3) is 11.5 Å². The first-order valence-electron chi connectivity index (χ1n) is 10.3. The maximum atomic E-state index is 14.9. The van der Waals surface area contributed by atoms with Crippen molar-refractivity contribution in [2.75, 3.05) is 5.32 Å². The van der Waals surface area contributed by atoms with Crippen LogP contribution in [0, 0.1) is 24.5 Å². The maximum absolute atomic E-state index is 14.9. The van der Waals surface area contributed by atoms with Gasteiger partial charge in [0.1, 0.15) is 17.6 Å². The number of fused-ring (bicyclic) bond motifs is 1. The Kier molecular flexibility index (Phi) is 6.69. The number of aryl methyl sites for hydroxylation is 1. The molecule has 170 valence electrons. The van der Waals surface area contributed by atoms with Gasteiger partial charge in [-0.15, -0.1) is 0 Å². The average molecular weight is 471 g/mol. The summed E-state index contributed by atoms with van der Waals surface area (Å²) in [6.07, 6.45) is 0.211. The quantitative estimate of drug-likeness (QED) is 0.266. The van der Waals surface area contributed by atoms with Gasteiger partial charge in [-0.25, -0.2) is 18.7 Å². The lowest BCUT2D eigenvalue weighted by molar-refractivity contribution is -0.119. The molecule has 1 amide bonds. The zero-order chi connectivity index (χ0) is 23.5. The molecule has 9 heteroatoms. The number of nitrogens with zero attached hydrogens (tertiary/aromatic N) is 3. The highest BCUT2D eigenvalue weighted by atomic mass is 32.2. The number of hydrogen-bond donors (Lipinski definition) is 1. The summed E-state index contributed by atoms with van der Waals surface area (Å²) >= 11 is 1.25. The zero-order valence-electron chi connectivity index (χ0n) is 18.0. The van der Waals surface area contributed by atoms with Gasteiger partial charge in [-0.3, -0.25) is 9.36 Å². The number of hydrogen-bond acceptors (Lipinski definition) is 4. The van der Waals surface area contributed by atoms with Crippen molar-refractivity contribution in [3.63, 3.8) is 0 Å². The fraction of sp³-hybridized carbons (Fsp3) is 0.208. The first kappa shape index (κ1) is 22.8. The van der Waals surface area contributed by atoms with Crippen molar-refractivity contribution >= 4 is 23.4 Å². The predicted molar refractivity (Wildman–Crippen MR) is 122 cm³/mol. The number of thioether (sulfide) groups is 1. The summed E-state index contributed by atoms with van der Waals surface area (Å²) in [7, 11) is 0. The van der Waals surface area contributed by atoms with Crippen LogP contribution in [-0.2, 0) is 10.5 Å². The largest absolute Gasteiger partial charge is 0.324 e. The summed E-state index contributed by atoms with van der Waals surface area (Å²) in [6.45, 7) is 3.56. The third-order valence-corrected chi connectivity index (χ3v) is 6.15. The van der Waals surface area contributed by atoms with Crippen LogP contribution in [0.15, 0.2) is 59.8 Å². The molecule has 0 radical (unpaired) electrons. The number of pyridine rings is 1. The number of rotatable bonds is 7. The molecule has 4 rings (SSSR count). The standard InChI is InChI=1S/C24H21F3N4OS/c1-3-20(23(32)28-18-7-5-4-6-14(18)2)31-21(27)17(26)12-19-22(31)30-24(29-19)33-13-15-8-10-16(25)11-9-15/h4-12,20H,3,13H2,1-2H3,(H,28,32). The van der Waals surface area contributed by atoms with Crippen molar-refractivity contribution in [1.82, 2.24) is 14.5 Å². The molecule has 0 bridgehead atoms. The third kappa shape index (κ3) is 4.88. The van der Waals surface area contributed by atoms with Gasteiger partial charge in [0.15, 0.2) is 16.8 Å². The van der Waals surface area contributed by atoms with Gasteiger partial charge in [-0.2, -0.15) is 4.39 Å². The summed E-state index contributed by atoms with van der Waals surface area (Å²) in [6, 6.07) is 13.2. The van der Waals surface area contributed by atoms with E-state index in [4.69, 9.17) is 0 Å². The van der Waals surface area contributed by atoms with Crippen molar-refractivity contribution in [2.24, 2.45) is 0 Å². The number of carbonyl (C=O) groups is 1. The minimum absolute atomic E-state index is 0.0855. The molecule has 5 nitrogen and oxygen atoms in total. The van der Waals surface area contributed by atoms with E-state index in [1.54, 1.807) is 31.2 Å². The molecular weight excluding hydrogens is 449 g/mol. The molecule has 0 saturated heterocycles. The number of anilines is 1. The fourth-order valence-corrected chi connectivity index (χ4v) is 4.28. The fourth-order valence-electron chi connectivity index (χ4n) is 3.48. The summed E-state index contributed by atoms with van der Waals surface area (Å²) in [5.41, 5.74) is 2.45. The minimum atomic E-state index is -1.18. The number of nitrogens with one attached hydrogen (secondary N) is 1. The van der Waals surface area contributed by atoms with Crippen molar-refractivity contribution in [1.29, 1.82) is 0 Å². The highest BCUT2D eigenvalue weighted by Gasteiger charge is 2.30. The van der Waals surface area contributed by atoms with Gasteiger partial charge in [0.2, 0.25) is 11.9 Å². The lowest BCUT2D eigenvalue weighted by Crippen LogP contribution is -2.29. The highest BCUT2D eigenvalue weighted by Crippen LogP contribution is 2.32. The second kappa shape index (κ2) is 9.66. The van der Waals surface area contributed by atoms with Crippen LogP contribution < -0.4 is 5.32 Å². The van der Waals surface area contributed by atoms with E-state index in [1.807, 2.05) is 19.1 Å². The van der Waals surface area contributed by atoms with Crippen LogP contribution in [0.5, 0.6) is 0 Å². The first-order valence-corrected chi connectivity index (χ1v) is 11.3. The molecule has 2 aromatic rings. The Morgan fingerprint density at radius 3 is 2.52 bits per heavy atom. The maximum Gasteiger partial charge on any atom is 0.247 e. The van der Waals surface area contributed by atoms with Crippen LogP contribution in [0.1, 0.15) is 30.5 Å². The molecule has 0 spiro atoms. The summed E-state index contributed by atoms with van der Waals surface area (Å²) in [4.78, 5) is 21.7. The van der Waals surface area contributed by atoms with E-state index in [0.717, 1.165) is 21.8 Å². The zero-order valence-corrected chi connectivity index (χ0v) is 18.8. The second-order valence-corrected chi connectivity index (χ2v) is 8.45. The molecule has 0 fully saturated rings. The Labute approximate surface area is 193 Å². The van der Waals surface area contributed by atoms with Crippen LogP contribution in [0.2, 0.25) is 0 Å². The average Bonchev–Trinajstić information content (AvgIpc) is 3.20. The SMILES string of the molecule is CCC(C(=O)Nc1ccccc1C)n1c2nc(SCc3ccc(F)cc3)nc-2cc(F)c1F. The highest BCUT2D eigenvalue weighted by molar-refractivity contribution is 7.98. The lowest BCUT2D eigenvalue weighted by atomic mass is 10.1. The minimum Gasteiger partial charge on any atom is -0.324 e. The van der Waals surface area contributed by atoms with Crippen molar-refractivity contribution < 1.29 is 18.0 Å². The van der Waals surface area contributed by atoms with Gasteiger partial charge >= 0.3 is 0 Å². The molecule has 0 aliphatic carbocycles. The molecule has 2 heterocycles. The predicted octanol–water partition coefficient (Wildman–Crippen LogP) is 5.99. The third-order valence-electron chi connectivity index (χ3n) is 5.23. The molecule has 2 aliphatic heterocycles. The van der Waals surface area contributed by atoms with E-state index in [1.165, 1.54) is 23.9 Å².